The minimum atomic E-state index is -4.05. The fraction of sp³-hybridized carbons (Fsp3) is 0.333. The largest absolute Gasteiger partial charge is 0.497 e. The molecule has 0 aliphatic carbocycles. The first-order valence-corrected chi connectivity index (χ1v) is 16.0. The van der Waals surface area contributed by atoms with Crippen molar-refractivity contribution in [1.29, 1.82) is 0 Å². The molecule has 8 nitrogen and oxygen atoms in total. The van der Waals surface area contributed by atoms with E-state index in [9.17, 15) is 8.42 Å². The summed E-state index contributed by atoms with van der Waals surface area (Å²) in [6.07, 6.45) is 4.70. The number of nitrogens with zero attached hydrogens (tertiary/aromatic N) is 4. The number of hydrogen-bond acceptors (Lipinski definition) is 8. The number of ether oxygens (including phenoxy) is 2. The summed E-state index contributed by atoms with van der Waals surface area (Å²) < 4.78 is 44.2. The Kier molecular flexibility index (Phi) is 9.13. The van der Waals surface area contributed by atoms with E-state index < -0.39 is 10.0 Å². The molecule has 1 aromatic heterocycles. The third kappa shape index (κ3) is 6.21. The Hall–Kier alpha value is -3.18. The lowest BCUT2D eigenvalue weighted by molar-refractivity contribution is 0.103. The molecule has 3 aromatic carbocycles. The fourth-order valence-corrected chi connectivity index (χ4v) is 7.99. The van der Waals surface area contributed by atoms with Crippen LogP contribution in [-0.4, -0.2) is 43.4 Å². The van der Waals surface area contributed by atoms with E-state index in [-0.39, 0.29) is 28.7 Å². The fourth-order valence-electron chi connectivity index (χ4n) is 5.43. The van der Waals surface area contributed by atoms with Gasteiger partial charge in [-0.3, -0.25) is 4.90 Å². The van der Waals surface area contributed by atoms with Crippen molar-refractivity contribution in [2.24, 2.45) is 0 Å². The van der Waals surface area contributed by atoms with Crippen molar-refractivity contribution in [2.45, 2.75) is 49.7 Å². The first-order valence-electron chi connectivity index (χ1n) is 13.4. The number of sulfonamides is 1. The maximum atomic E-state index is 14.1. The quantitative estimate of drug-likeness (QED) is 0.193. The van der Waals surface area contributed by atoms with E-state index in [1.165, 1.54) is 29.7 Å². The van der Waals surface area contributed by atoms with E-state index in [0.717, 1.165) is 36.5 Å². The number of rotatable bonds is 10. The smallest absolute Gasteiger partial charge is 0.266 e. The van der Waals surface area contributed by atoms with Crippen LogP contribution in [0.4, 0.5) is 5.13 Å². The first kappa shape index (κ1) is 29.3. The molecule has 41 heavy (non-hydrogen) atoms. The predicted molar refractivity (Wildman–Crippen MR) is 162 cm³/mol. The molecule has 4 aromatic rings. The highest BCUT2D eigenvalue weighted by Gasteiger charge is 2.32. The molecule has 5 rings (SSSR count). The monoisotopic (exact) mass is 612 g/mol. The molecule has 0 saturated carbocycles. The van der Waals surface area contributed by atoms with Gasteiger partial charge in [-0.25, -0.2) is 17.7 Å². The van der Waals surface area contributed by atoms with E-state index in [1.54, 1.807) is 37.4 Å². The Balaban J connectivity index is 1.46. The van der Waals surface area contributed by atoms with Gasteiger partial charge in [0.25, 0.3) is 10.0 Å². The highest BCUT2D eigenvalue weighted by Crippen LogP contribution is 2.40. The van der Waals surface area contributed by atoms with Crippen LogP contribution < -0.4 is 13.8 Å². The first-order chi connectivity index (χ1) is 19.8. The predicted octanol–water partition coefficient (Wildman–Crippen LogP) is 6.89. The van der Waals surface area contributed by atoms with Crippen LogP contribution in [0.1, 0.15) is 55.0 Å². The van der Waals surface area contributed by atoms with E-state index >= 15 is 0 Å². The van der Waals surface area contributed by atoms with E-state index in [1.807, 2.05) is 12.1 Å². The third-order valence-corrected chi connectivity index (χ3v) is 10.5. The van der Waals surface area contributed by atoms with E-state index in [4.69, 9.17) is 21.1 Å². The Morgan fingerprint density at radius 1 is 1.07 bits per heavy atom. The SMILES string of the molecule is COc1ccc(CN(c2ncns2)S(=O)(=O)c2ccc(C(C)N3CCCCC3c3ccccc3)c(Cl)c2)c(OC)c1. The van der Waals surface area contributed by atoms with Gasteiger partial charge in [0.2, 0.25) is 5.13 Å². The molecule has 216 valence electrons. The zero-order valence-corrected chi connectivity index (χ0v) is 25.6. The minimum absolute atomic E-state index is 0.00694. The molecule has 2 atom stereocenters. The van der Waals surface area contributed by atoms with Crippen molar-refractivity contribution in [3.8, 4) is 11.5 Å². The molecule has 1 fully saturated rings. The van der Waals surface area contributed by atoms with Crippen LogP contribution in [0.5, 0.6) is 11.5 Å². The average Bonchev–Trinajstić information content (AvgIpc) is 3.54. The lowest BCUT2D eigenvalue weighted by Gasteiger charge is -2.40. The lowest BCUT2D eigenvalue weighted by atomic mass is 9.92. The van der Waals surface area contributed by atoms with Gasteiger partial charge in [0.05, 0.1) is 25.7 Å². The van der Waals surface area contributed by atoms with Crippen molar-refractivity contribution in [2.75, 3.05) is 25.1 Å². The third-order valence-electron chi connectivity index (χ3n) is 7.61. The second-order valence-electron chi connectivity index (χ2n) is 9.93. The van der Waals surface area contributed by atoms with Gasteiger partial charge in [-0.2, -0.15) is 4.37 Å². The van der Waals surface area contributed by atoms with Gasteiger partial charge in [-0.1, -0.05) is 54.4 Å². The Morgan fingerprint density at radius 3 is 2.56 bits per heavy atom. The van der Waals surface area contributed by atoms with Gasteiger partial charge in [0.1, 0.15) is 17.8 Å². The molecule has 1 aliphatic heterocycles. The summed E-state index contributed by atoms with van der Waals surface area (Å²) in [6.45, 7) is 3.08. The van der Waals surface area contributed by atoms with Crippen LogP contribution >= 0.6 is 23.1 Å². The molecule has 0 spiro atoms. The Bertz CT molecular complexity index is 1570. The van der Waals surface area contributed by atoms with Crippen molar-refractivity contribution >= 4 is 38.3 Å². The number of piperidine rings is 1. The molecule has 2 heterocycles. The summed E-state index contributed by atoms with van der Waals surface area (Å²) in [7, 11) is -0.953. The summed E-state index contributed by atoms with van der Waals surface area (Å²) in [5.74, 6) is 1.11. The summed E-state index contributed by atoms with van der Waals surface area (Å²) in [4.78, 5) is 6.76. The number of anilines is 1. The zero-order chi connectivity index (χ0) is 29.0. The van der Waals surface area contributed by atoms with Gasteiger partial charge in [0.15, 0.2) is 0 Å². The molecular weight excluding hydrogens is 580 g/mol. The molecule has 0 amide bonds. The molecular formula is C30H33ClN4O4S2. The number of likely N-dealkylation sites (tertiary alicyclic amines) is 1. The molecule has 0 radical (unpaired) electrons. The van der Waals surface area contributed by atoms with Crippen LogP contribution in [0.2, 0.25) is 5.02 Å². The van der Waals surface area contributed by atoms with E-state index in [2.05, 4.69) is 45.4 Å². The summed E-state index contributed by atoms with van der Waals surface area (Å²) in [6, 6.07) is 21.1. The van der Waals surface area contributed by atoms with Crippen molar-refractivity contribution in [3.05, 3.63) is 94.8 Å². The van der Waals surface area contributed by atoms with Crippen LogP contribution in [0.3, 0.4) is 0 Å². The minimum Gasteiger partial charge on any atom is -0.497 e. The topological polar surface area (TPSA) is 84.9 Å². The second kappa shape index (κ2) is 12.8. The maximum absolute atomic E-state index is 14.1. The second-order valence-corrected chi connectivity index (χ2v) is 13.0. The molecule has 1 saturated heterocycles. The van der Waals surface area contributed by atoms with Gasteiger partial charge >= 0.3 is 0 Å². The number of aromatic nitrogens is 2. The van der Waals surface area contributed by atoms with Crippen molar-refractivity contribution in [1.82, 2.24) is 14.3 Å². The molecule has 0 N–H and O–H groups in total. The highest BCUT2D eigenvalue weighted by molar-refractivity contribution is 7.93. The van der Waals surface area contributed by atoms with Crippen LogP contribution in [0.15, 0.2) is 78.0 Å². The molecule has 11 heteroatoms. The highest BCUT2D eigenvalue weighted by atomic mass is 35.5. The number of hydrogen-bond donors (Lipinski definition) is 0. The van der Waals surface area contributed by atoms with E-state index in [0.29, 0.717) is 22.1 Å². The Labute approximate surface area is 250 Å². The van der Waals surface area contributed by atoms with Crippen LogP contribution in [0, 0.1) is 0 Å². The Morgan fingerprint density at radius 2 is 1.88 bits per heavy atom. The normalized spacial score (nSPS) is 16.7. The van der Waals surface area contributed by atoms with Gasteiger partial charge in [0, 0.05) is 40.3 Å². The summed E-state index contributed by atoms with van der Waals surface area (Å²) >= 11 is 7.85. The van der Waals surface area contributed by atoms with Crippen molar-refractivity contribution in [3.63, 3.8) is 0 Å². The summed E-state index contributed by atoms with van der Waals surface area (Å²) in [5.41, 5.74) is 2.84. The lowest BCUT2D eigenvalue weighted by Crippen LogP contribution is -2.35. The van der Waals surface area contributed by atoms with Crippen LogP contribution in [-0.2, 0) is 16.6 Å². The standard InChI is InChI=1S/C30H33ClN4O4S2/c1-21(34-16-8-7-11-28(34)22-9-5-4-6-10-22)26-15-14-25(18-27(26)31)41(36,37)35(30-32-20-33-40-30)19-23-12-13-24(38-2)17-29(23)39-3/h4-6,9-10,12-15,17-18,20-21,28H,7-8,11,16,19H2,1-3H3. The van der Waals surface area contributed by atoms with Gasteiger partial charge in [-0.15, -0.1) is 0 Å². The average molecular weight is 613 g/mol. The van der Waals surface area contributed by atoms with Gasteiger partial charge in [-0.05, 0) is 61.7 Å². The molecule has 1 aliphatic rings. The molecule has 2 unspecified atom stereocenters. The van der Waals surface area contributed by atoms with Crippen LogP contribution in [0.25, 0.3) is 0 Å². The number of halogens is 1. The number of methoxy groups -OCH3 is 2. The number of benzene rings is 3. The molecule has 0 bridgehead atoms. The van der Waals surface area contributed by atoms with Gasteiger partial charge < -0.3 is 9.47 Å². The zero-order valence-electron chi connectivity index (χ0n) is 23.2. The van der Waals surface area contributed by atoms with Crippen molar-refractivity contribution < 1.29 is 17.9 Å². The summed E-state index contributed by atoms with van der Waals surface area (Å²) in [5, 5.41) is 0.658. The maximum Gasteiger partial charge on any atom is 0.266 e.